The number of nitrogens with zero attached hydrogens (tertiary/aromatic N) is 2. The minimum Gasteiger partial charge on any atom is -0.398 e. The van der Waals surface area contributed by atoms with Gasteiger partial charge in [0.2, 0.25) is 11.8 Å². The number of carbonyl (C=O) groups is 3. The van der Waals surface area contributed by atoms with E-state index in [0.29, 0.717) is 5.25 Å². The summed E-state index contributed by atoms with van der Waals surface area (Å²) in [5, 5.41) is 13.5. The molecule has 142 valence electrons. The van der Waals surface area contributed by atoms with Crippen molar-refractivity contribution in [2.24, 2.45) is 5.16 Å². The Balaban J connectivity index is 2.09. The minimum atomic E-state index is -0.661. The first-order valence-corrected chi connectivity index (χ1v) is 9.91. The molecule has 2 rings (SSSR count). The number of rotatable bonds is 8. The zero-order valence-corrected chi connectivity index (χ0v) is 16.6. The van der Waals surface area contributed by atoms with E-state index in [2.05, 4.69) is 26.1 Å². The summed E-state index contributed by atoms with van der Waals surface area (Å²) in [7, 11) is 1.29. The predicted octanol–water partition coefficient (Wildman–Crippen LogP) is 0.753. The van der Waals surface area contributed by atoms with Gasteiger partial charge >= 0.3 is 0 Å². The summed E-state index contributed by atoms with van der Waals surface area (Å²) < 4.78 is 0. The molecule has 1 aliphatic rings. The SMILES string of the molecule is CON=C(C(=O)N[C@@H]1C(=O)N[C@@H]1SC(C)C)c1csc(NC(=O)CCl)n1. The molecule has 0 spiro atoms. The molecule has 3 amide bonds. The molecule has 0 bridgehead atoms. The Morgan fingerprint density at radius 2 is 2.27 bits per heavy atom. The van der Waals surface area contributed by atoms with Crippen molar-refractivity contribution in [2.75, 3.05) is 18.3 Å². The second-order valence-electron chi connectivity index (χ2n) is 5.41. The molecule has 1 aromatic rings. The lowest BCUT2D eigenvalue weighted by molar-refractivity contribution is -0.132. The number of aromatic nitrogens is 1. The topological polar surface area (TPSA) is 122 Å². The van der Waals surface area contributed by atoms with Crippen molar-refractivity contribution in [3.05, 3.63) is 11.1 Å². The summed E-state index contributed by atoms with van der Waals surface area (Å²) in [6, 6.07) is -0.661. The van der Waals surface area contributed by atoms with Gasteiger partial charge in [0.1, 0.15) is 30.1 Å². The molecule has 0 radical (unpaired) electrons. The average molecular weight is 420 g/mol. The van der Waals surface area contributed by atoms with Crippen LogP contribution in [-0.4, -0.2) is 58.1 Å². The molecule has 2 heterocycles. The van der Waals surface area contributed by atoms with Gasteiger partial charge in [-0.2, -0.15) is 0 Å². The van der Waals surface area contributed by atoms with E-state index in [1.807, 2.05) is 13.8 Å². The largest absolute Gasteiger partial charge is 0.398 e. The van der Waals surface area contributed by atoms with E-state index >= 15 is 0 Å². The van der Waals surface area contributed by atoms with Crippen molar-refractivity contribution < 1.29 is 19.2 Å². The van der Waals surface area contributed by atoms with Crippen molar-refractivity contribution in [2.45, 2.75) is 30.5 Å². The third-order valence-corrected chi connectivity index (χ3v) is 5.32. The number of hydrogen-bond acceptors (Lipinski definition) is 8. The van der Waals surface area contributed by atoms with Gasteiger partial charge in [0.05, 0.1) is 0 Å². The summed E-state index contributed by atoms with van der Waals surface area (Å²) >= 11 is 8.08. The highest BCUT2D eigenvalue weighted by Crippen LogP contribution is 2.24. The van der Waals surface area contributed by atoms with Gasteiger partial charge < -0.3 is 20.8 Å². The Hall–Kier alpha value is -1.85. The number of thioether (sulfide) groups is 1. The Labute approximate surface area is 163 Å². The van der Waals surface area contributed by atoms with E-state index in [1.54, 1.807) is 5.38 Å². The summed E-state index contributed by atoms with van der Waals surface area (Å²) in [5.74, 6) is -1.48. The molecule has 0 aliphatic carbocycles. The molecular weight excluding hydrogens is 402 g/mol. The fourth-order valence-electron chi connectivity index (χ4n) is 2.00. The molecule has 1 aromatic heterocycles. The van der Waals surface area contributed by atoms with Crippen LogP contribution in [0.4, 0.5) is 5.13 Å². The summed E-state index contributed by atoms with van der Waals surface area (Å²) in [6.45, 7) is 4.00. The first-order chi connectivity index (χ1) is 12.3. The van der Waals surface area contributed by atoms with Gasteiger partial charge in [-0.05, 0) is 0 Å². The Kier molecular flexibility index (Phi) is 7.23. The van der Waals surface area contributed by atoms with E-state index in [1.165, 1.54) is 18.9 Å². The van der Waals surface area contributed by atoms with E-state index in [-0.39, 0.29) is 33.7 Å². The number of carbonyl (C=O) groups excluding carboxylic acids is 3. The Bertz CT molecular complexity index is 724. The van der Waals surface area contributed by atoms with Crippen molar-refractivity contribution in [3.63, 3.8) is 0 Å². The fraction of sp³-hybridized carbons (Fsp3) is 0.500. The number of anilines is 1. The van der Waals surface area contributed by atoms with E-state index < -0.39 is 17.9 Å². The van der Waals surface area contributed by atoms with Crippen LogP contribution in [0, 0.1) is 0 Å². The lowest BCUT2D eigenvalue weighted by atomic mass is 10.1. The maximum absolute atomic E-state index is 12.5. The van der Waals surface area contributed by atoms with Crippen molar-refractivity contribution in [3.8, 4) is 0 Å². The van der Waals surface area contributed by atoms with Crippen LogP contribution in [0.15, 0.2) is 10.5 Å². The lowest BCUT2D eigenvalue weighted by Gasteiger charge is -2.37. The zero-order chi connectivity index (χ0) is 19.3. The average Bonchev–Trinajstić information content (AvgIpc) is 3.04. The van der Waals surface area contributed by atoms with Crippen molar-refractivity contribution in [1.29, 1.82) is 0 Å². The van der Waals surface area contributed by atoms with Crippen LogP contribution in [0.1, 0.15) is 19.5 Å². The quantitative estimate of drug-likeness (QED) is 0.247. The van der Waals surface area contributed by atoms with E-state index in [4.69, 9.17) is 16.4 Å². The standard InChI is InChI=1S/C14H18ClN5O4S2/c1-6(2)26-13-10(12(23)19-13)18-11(22)9(20-24-3)7-5-25-14(16-7)17-8(21)4-15/h5-6,10,13H,4H2,1-3H3,(H,18,22)(H,19,23)(H,16,17,21)/t10-,13-/m1/s1. The highest BCUT2D eigenvalue weighted by Gasteiger charge is 2.42. The van der Waals surface area contributed by atoms with Gasteiger partial charge in [-0.3, -0.25) is 14.4 Å². The molecule has 1 fully saturated rings. The van der Waals surface area contributed by atoms with Crippen molar-refractivity contribution >= 4 is 63.3 Å². The van der Waals surface area contributed by atoms with Gasteiger partial charge in [-0.1, -0.05) is 19.0 Å². The second-order valence-corrected chi connectivity index (χ2v) is 8.26. The molecule has 0 saturated carbocycles. The van der Waals surface area contributed by atoms with E-state index in [0.717, 1.165) is 11.3 Å². The number of β-lactam (4-membered cyclic amide) rings is 1. The third kappa shape index (κ3) is 5.08. The molecule has 0 aromatic carbocycles. The van der Waals surface area contributed by atoms with Crippen LogP contribution in [-0.2, 0) is 19.2 Å². The number of amides is 3. The summed E-state index contributed by atoms with van der Waals surface area (Å²) in [5.41, 5.74) is 0.120. The molecule has 26 heavy (non-hydrogen) atoms. The number of halogens is 1. The van der Waals surface area contributed by atoms with Crippen LogP contribution in [0.3, 0.4) is 0 Å². The Morgan fingerprint density at radius 3 is 2.85 bits per heavy atom. The fourth-order valence-corrected chi connectivity index (χ4v) is 3.90. The second kappa shape index (κ2) is 9.19. The molecular formula is C14H18ClN5O4S2. The van der Waals surface area contributed by atoms with Gasteiger partial charge in [0.15, 0.2) is 10.8 Å². The number of oxime groups is 1. The molecule has 2 atom stereocenters. The van der Waals surface area contributed by atoms with Crippen molar-refractivity contribution in [1.82, 2.24) is 15.6 Å². The normalized spacial score (nSPS) is 19.6. The number of alkyl halides is 1. The highest BCUT2D eigenvalue weighted by molar-refractivity contribution is 8.00. The van der Waals surface area contributed by atoms with Gasteiger partial charge in [0.25, 0.3) is 5.91 Å². The van der Waals surface area contributed by atoms with Crippen LogP contribution >= 0.6 is 34.7 Å². The predicted molar refractivity (Wildman–Crippen MR) is 102 cm³/mol. The number of thiazole rings is 1. The Morgan fingerprint density at radius 1 is 1.54 bits per heavy atom. The third-order valence-electron chi connectivity index (χ3n) is 3.09. The van der Waals surface area contributed by atoms with Gasteiger partial charge in [-0.15, -0.1) is 34.7 Å². The van der Waals surface area contributed by atoms with Crippen LogP contribution in [0.25, 0.3) is 0 Å². The molecule has 3 N–H and O–H groups in total. The van der Waals surface area contributed by atoms with E-state index in [9.17, 15) is 14.4 Å². The molecule has 1 saturated heterocycles. The maximum atomic E-state index is 12.5. The molecule has 1 aliphatic heterocycles. The first kappa shape index (κ1) is 20.5. The maximum Gasteiger partial charge on any atom is 0.276 e. The van der Waals surface area contributed by atoms with Crippen LogP contribution < -0.4 is 16.0 Å². The minimum absolute atomic E-state index is 0.0943. The van der Waals surface area contributed by atoms with Gasteiger partial charge in [-0.25, -0.2) is 4.98 Å². The lowest BCUT2D eigenvalue weighted by Crippen LogP contribution is -2.68. The number of nitrogens with one attached hydrogen (secondary N) is 3. The first-order valence-electron chi connectivity index (χ1n) is 7.55. The summed E-state index contributed by atoms with van der Waals surface area (Å²) in [4.78, 5) is 44.5. The van der Waals surface area contributed by atoms with Gasteiger partial charge in [0, 0.05) is 10.6 Å². The smallest absolute Gasteiger partial charge is 0.276 e. The van der Waals surface area contributed by atoms with Crippen LogP contribution in [0.2, 0.25) is 0 Å². The molecule has 12 heteroatoms. The number of hydrogen-bond donors (Lipinski definition) is 3. The zero-order valence-electron chi connectivity index (χ0n) is 14.2. The van der Waals surface area contributed by atoms with Crippen LogP contribution in [0.5, 0.6) is 0 Å². The monoisotopic (exact) mass is 419 g/mol. The molecule has 0 unspecified atom stereocenters. The summed E-state index contributed by atoms with van der Waals surface area (Å²) in [6.07, 6.45) is 0. The highest BCUT2D eigenvalue weighted by atomic mass is 35.5. The molecule has 9 nitrogen and oxygen atoms in total.